The number of aliphatic hydroxyl groups excluding tert-OH is 1. The number of hydrogen-bond acceptors (Lipinski definition) is 2. The molecule has 0 heterocycles. The standard InChI is InChI=1S/C17H20F3NO2/c18-17(19,20)14-6-2-1-5-11(14)12-8-13(12)16(23)21-9-10-4-3-7-15(10)22/h1-2,5-6,10,12-13,15,22H,3-4,7-9H2,(H,21,23). The topological polar surface area (TPSA) is 49.3 Å². The molecule has 2 saturated carbocycles. The van der Waals surface area contributed by atoms with Crippen LogP contribution in [0.4, 0.5) is 13.2 Å². The van der Waals surface area contributed by atoms with Crippen LogP contribution in [0.15, 0.2) is 24.3 Å². The maximum atomic E-state index is 13.0. The Morgan fingerprint density at radius 3 is 2.65 bits per heavy atom. The number of halogens is 3. The smallest absolute Gasteiger partial charge is 0.393 e. The van der Waals surface area contributed by atoms with Gasteiger partial charge in [0.2, 0.25) is 5.91 Å². The maximum Gasteiger partial charge on any atom is 0.416 e. The summed E-state index contributed by atoms with van der Waals surface area (Å²) in [7, 11) is 0. The molecule has 6 heteroatoms. The number of benzene rings is 1. The summed E-state index contributed by atoms with van der Waals surface area (Å²) >= 11 is 0. The average Bonchev–Trinajstić information content (AvgIpc) is 3.20. The number of carbonyl (C=O) groups excluding carboxylic acids is 1. The molecule has 1 aromatic carbocycles. The Bertz CT molecular complexity index is 587. The molecule has 2 fully saturated rings. The van der Waals surface area contributed by atoms with Crippen LogP contribution in [-0.4, -0.2) is 23.7 Å². The van der Waals surface area contributed by atoms with E-state index in [0.29, 0.717) is 13.0 Å². The van der Waals surface area contributed by atoms with E-state index in [-0.39, 0.29) is 29.4 Å². The van der Waals surface area contributed by atoms with E-state index in [1.54, 1.807) is 6.07 Å². The van der Waals surface area contributed by atoms with Crippen molar-refractivity contribution < 1.29 is 23.1 Å². The lowest BCUT2D eigenvalue weighted by molar-refractivity contribution is -0.138. The van der Waals surface area contributed by atoms with Gasteiger partial charge in [0, 0.05) is 18.4 Å². The van der Waals surface area contributed by atoms with Crippen molar-refractivity contribution in [3.8, 4) is 0 Å². The molecule has 4 unspecified atom stereocenters. The van der Waals surface area contributed by atoms with E-state index >= 15 is 0 Å². The van der Waals surface area contributed by atoms with Gasteiger partial charge in [-0.25, -0.2) is 0 Å². The quantitative estimate of drug-likeness (QED) is 0.893. The summed E-state index contributed by atoms with van der Waals surface area (Å²) < 4.78 is 39.1. The molecule has 0 aliphatic heterocycles. The van der Waals surface area contributed by atoms with Gasteiger partial charge >= 0.3 is 6.18 Å². The van der Waals surface area contributed by atoms with Gasteiger partial charge in [-0.15, -0.1) is 0 Å². The van der Waals surface area contributed by atoms with Crippen LogP contribution in [0.3, 0.4) is 0 Å². The summed E-state index contributed by atoms with van der Waals surface area (Å²) in [6.45, 7) is 0.407. The number of hydrogen-bond donors (Lipinski definition) is 2. The SMILES string of the molecule is O=C(NCC1CCCC1O)C1CC1c1ccccc1C(F)(F)F. The zero-order valence-electron chi connectivity index (χ0n) is 12.6. The minimum absolute atomic E-state index is 0.0682. The van der Waals surface area contributed by atoms with Gasteiger partial charge in [0.25, 0.3) is 0 Å². The van der Waals surface area contributed by atoms with Crippen LogP contribution >= 0.6 is 0 Å². The Labute approximate surface area is 132 Å². The number of rotatable bonds is 4. The molecular formula is C17H20F3NO2. The first-order chi connectivity index (χ1) is 10.9. The summed E-state index contributed by atoms with van der Waals surface area (Å²) in [6.07, 6.45) is -1.73. The van der Waals surface area contributed by atoms with Gasteiger partial charge in [-0.3, -0.25) is 4.79 Å². The number of amides is 1. The third-order valence-corrected chi connectivity index (χ3v) is 4.95. The Morgan fingerprint density at radius 1 is 1.26 bits per heavy atom. The molecule has 0 saturated heterocycles. The first-order valence-electron chi connectivity index (χ1n) is 8.00. The van der Waals surface area contributed by atoms with E-state index in [1.807, 2.05) is 0 Å². The largest absolute Gasteiger partial charge is 0.416 e. The Hall–Kier alpha value is -1.56. The van der Waals surface area contributed by atoms with Crippen molar-refractivity contribution in [1.29, 1.82) is 0 Å². The highest BCUT2D eigenvalue weighted by Gasteiger charge is 2.47. The number of nitrogens with one attached hydrogen (secondary N) is 1. The van der Waals surface area contributed by atoms with Gasteiger partial charge < -0.3 is 10.4 Å². The van der Waals surface area contributed by atoms with Crippen molar-refractivity contribution in [1.82, 2.24) is 5.32 Å². The lowest BCUT2D eigenvalue weighted by Gasteiger charge is -2.15. The van der Waals surface area contributed by atoms with Gasteiger partial charge in [-0.2, -0.15) is 13.2 Å². The second kappa shape index (κ2) is 6.15. The molecule has 4 atom stereocenters. The average molecular weight is 327 g/mol. The fourth-order valence-corrected chi connectivity index (χ4v) is 3.53. The Morgan fingerprint density at radius 2 is 2.00 bits per heavy atom. The van der Waals surface area contributed by atoms with Gasteiger partial charge in [-0.05, 0) is 36.8 Å². The van der Waals surface area contributed by atoms with Gasteiger partial charge in [0.15, 0.2) is 0 Å². The van der Waals surface area contributed by atoms with Crippen LogP contribution in [0, 0.1) is 11.8 Å². The molecule has 0 radical (unpaired) electrons. The van der Waals surface area contributed by atoms with Crippen molar-refractivity contribution in [2.24, 2.45) is 11.8 Å². The third-order valence-electron chi connectivity index (χ3n) is 4.95. The molecule has 23 heavy (non-hydrogen) atoms. The highest BCUT2D eigenvalue weighted by atomic mass is 19.4. The van der Waals surface area contributed by atoms with Crippen LogP contribution in [0.25, 0.3) is 0 Å². The number of aliphatic hydroxyl groups is 1. The lowest BCUT2D eigenvalue weighted by atomic mass is 10.0. The second-order valence-electron chi connectivity index (χ2n) is 6.54. The second-order valence-corrected chi connectivity index (χ2v) is 6.54. The number of carbonyl (C=O) groups is 1. The summed E-state index contributed by atoms with van der Waals surface area (Å²) in [5.41, 5.74) is -0.437. The molecule has 1 aromatic rings. The highest BCUT2D eigenvalue weighted by molar-refractivity contribution is 5.83. The molecule has 0 bridgehead atoms. The normalized spacial score (nSPS) is 30.3. The highest BCUT2D eigenvalue weighted by Crippen LogP contribution is 2.51. The molecule has 2 aliphatic carbocycles. The van der Waals surface area contributed by atoms with Crippen LogP contribution in [-0.2, 0) is 11.0 Å². The van der Waals surface area contributed by atoms with Crippen molar-refractivity contribution in [3.63, 3.8) is 0 Å². The number of alkyl halides is 3. The maximum absolute atomic E-state index is 13.0. The van der Waals surface area contributed by atoms with E-state index < -0.39 is 17.7 Å². The molecular weight excluding hydrogens is 307 g/mol. The monoisotopic (exact) mass is 327 g/mol. The summed E-state index contributed by atoms with van der Waals surface area (Å²) in [4.78, 5) is 12.1. The van der Waals surface area contributed by atoms with E-state index in [2.05, 4.69) is 5.32 Å². The Balaban J connectivity index is 1.60. The summed E-state index contributed by atoms with van der Waals surface area (Å²) in [6, 6.07) is 5.47. The summed E-state index contributed by atoms with van der Waals surface area (Å²) in [5, 5.41) is 12.5. The van der Waals surface area contributed by atoms with E-state index in [1.165, 1.54) is 12.1 Å². The fourth-order valence-electron chi connectivity index (χ4n) is 3.53. The van der Waals surface area contributed by atoms with Crippen molar-refractivity contribution in [2.75, 3.05) is 6.54 Å². The minimum atomic E-state index is -4.39. The minimum Gasteiger partial charge on any atom is -0.393 e. The molecule has 3 rings (SSSR count). The van der Waals surface area contributed by atoms with Crippen LogP contribution in [0.2, 0.25) is 0 Å². The van der Waals surface area contributed by atoms with E-state index in [0.717, 1.165) is 25.3 Å². The first kappa shape index (κ1) is 16.3. The van der Waals surface area contributed by atoms with Crippen LogP contribution < -0.4 is 5.32 Å². The van der Waals surface area contributed by atoms with Crippen molar-refractivity contribution >= 4 is 5.91 Å². The van der Waals surface area contributed by atoms with Gasteiger partial charge in [-0.1, -0.05) is 24.6 Å². The molecule has 0 aromatic heterocycles. The molecule has 1 amide bonds. The molecule has 2 N–H and O–H groups in total. The molecule has 2 aliphatic rings. The zero-order valence-corrected chi connectivity index (χ0v) is 12.6. The van der Waals surface area contributed by atoms with E-state index in [4.69, 9.17) is 0 Å². The van der Waals surface area contributed by atoms with Crippen LogP contribution in [0.1, 0.15) is 42.7 Å². The lowest BCUT2D eigenvalue weighted by Crippen LogP contribution is -2.33. The van der Waals surface area contributed by atoms with Gasteiger partial charge in [0.05, 0.1) is 11.7 Å². The molecule has 0 spiro atoms. The third kappa shape index (κ3) is 3.52. The van der Waals surface area contributed by atoms with E-state index in [9.17, 15) is 23.1 Å². The van der Waals surface area contributed by atoms with Crippen molar-refractivity contribution in [2.45, 2.75) is 43.9 Å². The summed E-state index contributed by atoms with van der Waals surface area (Å²) in [5.74, 6) is -0.886. The predicted octanol–water partition coefficient (Wildman–Crippen LogP) is 3.09. The van der Waals surface area contributed by atoms with Gasteiger partial charge in [0.1, 0.15) is 0 Å². The van der Waals surface area contributed by atoms with Crippen molar-refractivity contribution in [3.05, 3.63) is 35.4 Å². The molecule has 3 nitrogen and oxygen atoms in total. The molecule has 126 valence electrons. The first-order valence-corrected chi connectivity index (χ1v) is 8.00. The van der Waals surface area contributed by atoms with Crippen LogP contribution in [0.5, 0.6) is 0 Å². The Kier molecular flexibility index (Phi) is 4.36. The zero-order chi connectivity index (χ0) is 16.6. The predicted molar refractivity (Wildman–Crippen MR) is 78.6 cm³/mol. The fraction of sp³-hybridized carbons (Fsp3) is 0.588.